The van der Waals surface area contributed by atoms with Gasteiger partial charge in [-0.25, -0.2) is 9.78 Å². The van der Waals surface area contributed by atoms with Crippen molar-refractivity contribution in [1.29, 1.82) is 0 Å². The molecule has 1 N–H and O–H groups in total. The molecule has 0 saturated heterocycles. The van der Waals surface area contributed by atoms with E-state index in [1.54, 1.807) is 10.6 Å². The van der Waals surface area contributed by atoms with Crippen molar-refractivity contribution in [3.63, 3.8) is 0 Å². The van der Waals surface area contributed by atoms with Gasteiger partial charge in [-0.05, 0) is 31.5 Å². The van der Waals surface area contributed by atoms with Crippen LogP contribution in [0.2, 0.25) is 0 Å². The lowest BCUT2D eigenvalue weighted by molar-refractivity contribution is 0.0660. The van der Waals surface area contributed by atoms with Crippen molar-refractivity contribution in [2.24, 2.45) is 0 Å². The Bertz CT molecular complexity index is 1230. The molecule has 0 fully saturated rings. The summed E-state index contributed by atoms with van der Waals surface area (Å²) in [5.74, 6) is -0.371. The summed E-state index contributed by atoms with van der Waals surface area (Å²) < 4.78 is 6.91. The fourth-order valence-corrected chi connectivity index (χ4v) is 4.00. The molecule has 0 bridgehead atoms. The number of hydrogen-bond acceptors (Lipinski definition) is 5. The number of aryl methyl sites for hydroxylation is 2. The number of carboxylic acids is 1. The molecule has 1 aromatic carbocycles. The number of nitrogens with zero attached hydrogens (tertiary/aromatic N) is 2. The molecular weight excluding hydrogens is 376 g/mol. The molecule has 0 unspecified atom stereocenters. The van der Waals surface area contributed by atoms with E-state index in [0.29, 0.717) is 21.8 Å². The van der Waals surface area contributed by atoms with E-state index in [1.165, 1.54) is 17.4 Å². The standard InChI is InChI=1S/C21H18N2O4S/c1-3-15-10-16-19(28-15)22-18(13-6-4-12(2)5-7-13)23(20(16)24)11-14-8-9-17(27-14)21(25)26/h4-10H,3,11H2,1-2H3,(H,25,26). The van der Waals surface area contributed by atoms with Crippen LogP contribution in [-0.2, 0) is 13.0 Å². The third-order valence-electron chi connectivity index (χ3n) is 4.55. The largest absolute Gasteiger partial charge is 0.475 e. The molecule has 4 rings (SSSR count). The molecule has 0 atom stereocenters. The maximum atomic E-state index is 13.2. The van der Waals surface area contributed by atoms with Crippen molar-refractivity contribution in [2.45, 2.75) is 26.8 Å². The van der Waals surface area contributed by atoms with E-state index < -0.39 is 5.97 Å². The molecule has 0 radical (unpaired) electrons. The number of furan rings is 1. The Hall–Kier alpha value is -3.19. The number of hydrogen-bond donors (Lipinski definition) is 1. The summed E-state index contributed by atoms with van der Waals surface area (Å²) in [6.45, 7) is 4.15. The van der Waals surface area contributed by atoms with Crippen LogP contribution < -0.4 is 5.56 Å². The minimum Gasteiger partial charge on any atom is -0.475 e. The Kier molecular flexibility index (Phi) is 4.60. The maximum absolute atomic E-state index is 13.2. The third-order valence-corrected chi connectivity index (χ3v) is 5.72. The van der Waals surface area contributed by atoms with Crippen LogP contribution in [0, 0.1) is 6.92 Å². The van der Waals surface area contributed by atoms with Crippen LogP contribution in [0.4, 0.5) is 0 Å². The Morgan fingerprint density at radius 1 is 1.21 bits per heavy atom. The van der Waals surface area contributed by atoms with Crippen molar-refractivity contribution in [3.8, 4) is 11.4 Å². The predicted molar refractivity (Wildman–Crippen MR) is 108 cm³/mol. The molecule has 3 aromatic heterocycles. The van der Waals surface area contributed by atoms with E-state index >= 15 is 0 Å². The Labute approximate surface area is 164 Å². The first-order valence-corrected chi connectivity index (χ1v) is 9.70. The molecule has 0 aliphatic heterocycles. The van der Waals surface area contributed by atoms with Crippen molar-refractivity contribution in [2.75, 3.05) is 0 Å². The van der Waals surface area contributed by atoms with Gasteiger partial charge in [-0.3, -0.25) is 9.36 Å². The van der Waals surface area contributed by atoms with Crippen LogP contribution in [0.25, 0.3) is 21.6 Å². The first-order chi connectivity index (χ1) is 13.5. The zero-order valence-corrected chi connectivity index (χ0v) is 16.2. The van der Waals surface area contributed by atoms with Crippen LogP contribution in [0.5, 0.6) is 0 Å². The summed E-state index contributed by atoms with van der Waals surface area (Å²) in [6, 6.07) is 12.6. The van der Waals surface area contributed by atoms with Crippen LogP contribution in [0.3, 0.4) is 0 Å². The lowest BCUT2D eigenvalue weighted by atomic mass is 10.1. The summed E-state index contributed by atoms with van der Waals surface area (Å²) in [7, 11) is 0. The predicted octanol–water partition coefficient (Wildman–Crippen LogP) is 4.34. The molecule has 7 heteroatoms. The number of thiophene rings is 1. The fraction of sp³-hybridized carbons (Fsp3) is 0.190. The number of aromatic nitrogens is 2. The monoisotopic (exact) mass is 394 g/mol. The lowest BCUT2D eigenvalue weighted by Crippen LogP contribution is -2.23. The van der Waals surface area contributed by atoms with E-state index in [2.05, 4.69) is 0 Å². The number of carbonyl (C=O) groups is 1. The lowest BCUT2D eigenvalue weighted by Gasteiger charge is -2.11. The molecule has 4 aromatic rings. The van der Waals surface area contributed by atoms with Crippen LogP contribution in [0.15, 0.2) is 51.7 Å². The van der Waals surface area contributed by atoms with Gasteiger partial charge in [0.2, 0.25) is 5.76 Å². The van der Waals surface area contributed by atoms with Crippen molar-refractivity contribution < 1.29 is 14.3 Å². The van der Waals surface area contributed by atoms with Gasteiger partial charge in [0.05, 0.1) is 11.9 Å². The van der Waals surface area contributed by atoms with E-state index in [9.17, 15) is 9.59 Å². The van der Waals surface area contributed by atoms with Crippen LogP contribution in [-0.4, -0.2) is 20.6 Å². The van der Waals surface area contributed by atoms with Gasteiger partial charge in [0.15, 0.2) is 0 Å². The van der Waals surface area contributed by atoms with Gasteiger partial charge in [0.1, 0.15) is 16.4 Å². The summed E-state index contributed by atoms with van der Waals surface area (Å²) in [4.78, 5) is 30.9. The molecule has 0 saturated carbocycles. The first kappa shape index (κ1) is 18.2. The topological polar surface area (TPSA) is 85.3 Å². The van der Waals surface area contributed by atoms with Gasteiger partial charge in [0.25, 0.3) is 5.56 Å². The Balaban J connectivity index is 1.91. The summed E-state index contributed by atoms with van der Waals surface area (Å²) in [5, 5.41) is 9.65. The fourth-order valence-electron chi connectivity index (χ4n) is 3.04. The van der Waals surface area contributed by atoms with Gasteiger partial charge in [-0.15, -0.1) is 11.3 Å². The van der Waals surface area contributed by atoms with Crippen LogP contribution >= 0.6 is 11.3 Å². The molecule has 28 heavy (non-hydrogen) atoms. The van der Waals surface area contributed by atoms with E-state index in [1.807, 2.05) is 44.2 Å². The highest BCUT2D eigenvalue weighted by molar-refractivity contribution is 7.18. The molecule has 3 heterocycles. The minimum atomic E-state index is -1.14. The molecule has 0 amide bonds. The molecule has 0 aliphatic rings. The van der Waals surface area contributed by atoms with Crippen molar-refractivity contribution >= 4 is 27.5 Å². The Morgan fingerprint density at radius 2 is 1.96 bits per heavy atom. The zero-order chi connectivity index (χ0) is 19.8. The summed E-state index contributed by atoms with van der Waals surface area (Å²) in [5.41, 5.74) is 1.77. The van der Waals surface area contributed by atoms with Gasteiger partial charge >= 0.3 is 5.97 Å². The highest BCUT2D eigenvalue weighted by atomic mass is 32.1. The second kappa shape index (κ2) is 7.09. The second-order valence-electron chi connectivity index (χ2n) is 6.55. The third kappa shape index (κ3) is 3.25. The summed E-state index contributed by atoms with van der Waals surface area (Å²) in [6.07, 6.45) is 0.834. The Morgan fingerprint density at radius 3 is 2.61 bits per heavy atom. The summed E-state index contributed by atoms with van der Waals surface area (Å²) >= 11 is 1.52. The van der Waals surface area contributed by atoms with Gasteiger partial charge in [-0.2, -0.15) is 0 Å². The highest BCUT2D eigenvalue weighted by Crippen LogP contribution is 2.26. The van der Waals surface area contributed by atoms with Crippen molar-refractivity contribution in [1.82, 2.24) is 9.55 Å². The quantitative estimate of drug-likeness (QED) is 0.544. The number of rotatable bonds is 5. The first-order valence-electron chi connectivity index (χ1n) is 8.88. The number of carboxylic acid groups (broad SMARTS) is 1. The van der Waals surface area contributed by atoms with E-state index in [4.69, 9.17) is 14.5 Å². The molecule has 6 nitrogen and oxygen atoms in total. The van der Waals surface area contributed by atoms with Crippen LogP contribution in [0.1, 0.15) is 33.7 Å². The SMILES string of the molecule is CCc1cc2c(=O)n(Cc3ccc(C(=O)O)o3)c(-c3ccc(C)cc3)nc2s1. The maximum Gasteiger partial charge on any atom is 0.371 e. The average molecular weight is 394 g/mol. The van der Waals surface area contributed by atoms with Crippen molar-refractivity contribution in [3.05, 3.63) is 74.8 Å². The second-order valence-corrected chi connectivity index (χ2v) is 7.66. The van der Waals surface area contributed by atoms with E-state index in [-0.39, 0.29) is 17.9 Å². The number of aromatic carboxylic acids is 1. The van der Waals surface area contributed by atoms with Gasteiger partial charge in [-0.1, -0.05) is 36.8 Å². The highest BCUT2D eigenvalue weighted by Gasteiger charge is 2.17. The molecule has 0 spiro atoms. The molecule has 0 aliphatic carbocycles. The van der Waals surface area contributed by atoms with Gasteiger partial charge in [0, 0.05) is 10.4 Å². The minimum absolute atomic E-state index is 0.107. The molecular formula is C21H18N2O4S. The normalized spacial score (nSPS) is 11.2. The zero-order valence-electron chi connectivity index (χ0n) is 15.4. The smallest absolute Gasteiger partial charge is 0.371 e. The van der Waals surface area contributed by atoms with E-state index in [0.717, 1.165) is 22.4 Å². The number of benzene rings is 1. The van der Waals surface area contributed by atoms with Gasteiger partial charge < -0.3 is 9.52 Å². The number of fused-ring (bicyclic) bond motifs is 1. The average Bonchev–Trinajstić information content (AvgIpc) is 3.31. The molecule has 142 valence electrons.